The number of carboxylic acid groups (broad SMARTS) is 1. The number of rotatable bonds is 3. The van der Waals surface area contributed by atoms with Crippen molar-refractivity contribution >= 4 is 5.97 Å². The fourth-order valence-corrected chi connectivity index (χ4v) is 2.57. The van der Waals surface area contributed by atoms with Gasteiger partial charge in [-0.3, -0.25) is 0 Å². The molecule has 0 unspecified atom stereocenters. The first-order valence-electron chi connectivity index (χ1n) is 6.78. The molecule has 0 spiro atoms. The summed E-state index contributed by atoms with van der Waals surface area (Å²) in [4.78, 5) is 11.0. The fraction of sp³-hybridized carbons (Fsp3) is 0.235. The highest BCUT2D eigenvalue weighted by atomic mass is 19.1. The Morgan fingerprint density at radius 2 is 1.75 bits per heavy atom. The Labute approximate surface area is 116 Å². The second-order valence-corrected chi connectivity index (χ2v) is 5.28. The van der Waals surface area contributed by atoms with Gasteiger partial charge in [-0.1, -0.05) is 30.7 Å². The third-order valence-electron chi connectivity index (χ3n) is 3.97. The second-order valence-electron chi connectivity index (χ2n) is 5.28. The van der Waals surface area contributed by atoms with Gasteiger partial charge in [0, 0.05) is 0 Å². The largest absolute Gasteiger partial charge is 0.478 e. The topological polar surface area (TPSA) is 37.3 Å². The van der Waals surface area contributed by atoms with Gasteiger partial charge in [0.2, 0.25) is 0 Å². The van der Waals surface area contributed by atoms with Crippen molar-refractivity contribution in [3.8, 4) is 11.1 Å². The molecule has 1 aliphatic rings. The van der Waals surface area contributed by atoms with Crippen LogP contribution in [0.5, 0.6) is 0 Å². The molecule has 1 fully saturated rings. The van der Waals surface area contributed by atoms with Crippen molar-refractivity contribution in [2.24, 2.45) is 0 Å². The van der Waals surface area contributed by atoms with E-state index in [0.717, 1.165) is 11.6 Å². The number of halogens is 1. The van der Waals surface area contributed by atoms with Crippen LogP contribution in [-0.4, -0.2) is 11.1 Å². The van der Waals surface area contributed by atoms with Crippen molar-refractivity contribution in [1.29, 1.82) is 0 Å². The first-order chi connectivity index (χ1) is 9.63. The normalized spacial score (nSPS) is 14.8. The van der Waals surface area contributed by atoms with Gasteiger partial charge in [-0.25, -0.2) is 9.18 Å². The minimum Gasteiger partial charge on any atom is -0.478 e. The zero-order valence-corrected chi connectivity index (χ0v) is 11.0. The maximum atomic E-state index is 13.5. The lowest BCUT2D eigenvalue weighted by molar-refractivity contribution is 0.0696. The smallest absolute Gasteiger partial charge is 0.335 e. The van der Waals surface area contributed by atoms with Crippen LogP contribution >= 0.6 is 0 Å². The standard InChI is InChI=1S/C17H15FO2/c18-16-9-14(8-15(10-16)17(19)20)13-6-4-12(5-7-13)11-2-1-3-11/h4-11H,1-3H2,(H,19,20). The average molecular weight is 270 g/mol. The Morgan fingerprint density at radius 1 is 1.05 bits per heavy atom. The summed E-state index contributed by atoms with van der Waals surface area (Å²) in [5.74, 6) is -0.981. The Kier molecular flexibility index (Phi) is 3.26. The number of carbonyl (C=O) groups is 1. The molecular formula is C17H15FO2. The summed E-state index contributed by atoms with van der Waals surface area (Å²) in [6.45, 7) is 0. The maximum absolute atomic E-state index is 13.5. The zero-order valence-electron chi connectivity index (χ0n) is 11.0. The average Bonchev–Trinajstić information content (AvgIpc) is 2.37. The molecule has 1 aliphatic carbocycles. The Balaban J connectivity index is 1.93. The summed E-state index contributed by atoms with van der Waals surface area (Å²) in [5.41, 5.74) is 2.73. The molecule has 1 N–H and O–H groups in total. The second kappa shape index (κ2) is 5.08. The summed E-state index contributed by atoms with van der Waals surface area (Å²) in [5, 5.41) is 8.97. The van der Waals surface area contributed by atoms with Crippen LogP contribution in [0.2, 0.25) is 0 Å². The molecule has 0 atom stereocenters. The molecule has 0 bridgehead atoms. The monoisotopic (exact) mass is 270 g/mol. The first-order valence-corrected chi connectivity index (χ1v) is 6.78. The van der Waals surface area contributed by atoms with E-state index < -0.39 is 11.8 Å². The van der Waals surface area contributed by atoms with Crippen molar-refractivity contribution in [2.75, 3.05) is 0 Å². The van der Waals surface area contributed by atoms with E-state index in [0.29, 0.717) is 11.5 Å². The molecule has 0 heterocycles. The Hall–Kier alpha value is -2.16. The van der Waals surface area contributed by atoms with Gasteiger partial charge in [0.05, 0.1) is 5.56 Å². The molecule has 1 saturated carbocycles. The molecule has 3 heteroatoms. The zero-order chi connectivity index (χ0) is 14.1. The molecule has 0 saturated heterocycles. The van der Waals surface area contributed by atoms with Crippen LogP contribution < -0.4 is 0 Å². The van der Waals surface area contributed by atoms with Crippen molar-refractivity contribution in [1.82, 2.24) is 0 Å². The van der Waals surface area contributed by atoms with E-state index in [9.17, 15) is 9.18 Å². The summed E-state index contributed by atoms with van der Waals surface area (Å²) in [7, 11) is 0. The molecule has 0 radical (unpaired) electrons. The predicted molar refractivity (Wildman–Crippen MR) is 75.4 cm³/mol. The number of aromatic carboxylic acids is 1. The number of hydrogen-bond acceptors (Lipinski definition) is 1. The lowest BCUT2D eigenvalue weighted by Gasteiger charge is -2.25. The molecule has 3 rings (SSSR count). The number of benzene rings is 2. The molecule has 102 valence electrons. The van der Waals surface area contributed by atoms with E-state index in [4.69, 9.17) is 5.11 Å². The van der Waals surface area contributed by atoms with Gasteiger partial charge in [0.15, 0.2) is 0 Å². The summed E-state index contributed by atoms with van der Waals surface area (Å²) < 4.78 is 13.5. The molecule has 2 aromatic carbocycles. The fourth-order valence-electron chi connectivity index (χ4n) is 2.57. The lowest BCUT2D eigenvalue weighted by atomic mass is 9.80. The SMILES string of the molecule is O=C(O)c1cc(F)cc(-c2ccc(C3CCC3)cc2)c1. The molecule has 0 amide bonds. The van der Waals surface area contributed by atoms with E-state index >= 15 is 0 Å². The van der Waals surface area contributed by atoms with Crippen LogP contribution in [0.25, 0.3) is 11.1 Å². The summed E-state index contributed by atoms with van der Waals surface area (Å²) in [6.07, 6.45) is 3.77. The van der Waals surface area contributed by atoms with E-state index in [1.807, 2.05) is 12.1 Å². The number of hydrogen-bond donors (Lipinski definition) is 1. The van der Waals surface area contributed by atoms with Gasteiger partial charge in [-0.05, 0) is 53.6 Å². The third kappa shape index (κ3) is 2.44. The predicted octanol–water partition coefficient (Wildman–Crippen LogP) is 4.46. The first kappa shape index (κ1) is 12.9. The minimum absolute atomic E-state index is 0.0249. The molecule has 2 nitrogen and oxygen atoms in total. The summed E-state index contributed by atoms with van der Waals surface area (Å²) in [6, 6.07) is 11.9. The van der Waals surface area contributed by atoms with Gasteiger partial charge < -0.3 is 5.11 Å². The van der Waals surface area contributed by atoms with Crippen LogP contribution in [0.1, 0.15) is 41.1 Å². The molecule has 2 aromatic rings. The third-order valence-corrected chi connectivity index (χ3v) is 3.97. The Bertz CT molecular complexity index is 643. The van der Waals surface area contributed by atoms with Gasteiger partial charge in [0.1, 0.15) is 5.82 Å². The molecule has 0 aromatic heterocycles. The van der Waals surface area contributed by atoms with Crippen LogP contribution in [0.15, 0.2) is 42.5 Å². The van der Waals surface area contributed by atoms with E-state index in [2.05, 4.69) is 12.1 Å². The Morgan fingerprint density at radius 3 is 2.30 bits per heavy atom. The van der Waals surface area contributed by atoms with Crippen molar-refractivity contribution in [3.05, 3.63) is 59.4 Å². The van der Waals surface area contributed by atoms with Crippen molar-refractivity contribution in [2.45, 2.75) is 25.2 Å². The molecule has 20 heavy (non-hydrogen) atoms. The van der Waals surface area contributed by atoms with Gasteiger partial charge in [-0.2, -0.15) is 0 Å². The lowest BCUT2D eigenvalue weighted by Crippen LogP contribution is -2.08. The summed E-state index contributed by atoms with van der Waals surface area (Å²) >= 11 is 0. The maximum Gasteiger partial charge on any atom is 0.335 e. The van der Waals surface area contributed by atoms with Gasteiger partial charge in [0.25, 0.3) is 0 Å². The van der Waals surface area contributed by atoms with Gasteiger partial charge >= 0.3 is 5.97 Å². The molecule has 0 aliphatic heterocycles. The highest BCUT2D eigenvalue weighted by molar-refractivity contribution is 5.89. The van der Waals surface area contributed by atoms with Crippen LogP contribution in [0, 0.1) is 5.82 Å². The highest BCUT2D eigenvalue weighted by Crippen LogP contribution is 2.37. The highest BCUT2D eigenvalue weighted by Gasteiger charge is 2.19. The van der Waals surface area contributed by atoms with Crippen molar-refractivity contribution < 1.29 is 14.3 Å². The van der Waals surface area contributed by atoms with E-state index in [-0.39, 0.29) is 5.56 Å². The van der Waals surface area contributed by atoms with Crippen LogP contribution in [-0.2, 0) is 0 Å². The van der Waals surface area contributed by atoms with E-state index in [1.54, 1.807) is 0 Å². The van der Waals surface area contributed by atoms with Crippen LogP contribution in [0.4, 0.5) is 4.39 Å². The quantitative estimate of drug-likeness (QED) is 0.894. The minimum atomic E-state index is -1.11. The van der Waals surface area contributed by atoms with Gasteiger partial charge in [-0.15, -0.1) is 0 Å². The van der Waals surface area contributed by atoms with Crippen molar-refractivity contribution in [3.63, 3.8) is 0 Å². The number of carboxylic acids is 1. The van der Waals surface area contributed by atoms with Crippen LogP contribution in [0.3, 0.4) is 0 Å². The molecular weight excluding hydrogens is 255 g/mol. The van der Waals surface area contributed by atoms with E-state index in [1.165, 1.54) is 37.0 Å².